The van der Waals surface area contributed by atoms with Crippen molar-refractivity contribution in [1.29, 1.82) is 0 Å². The number of halogens is 1. The molecule has 7 nitrogen and oxygen atoms in total. The number of nitrogens with zero attached hydrogens (tertiary/aromatic N) is 2. The quantitative estimate of drug-likeness (QED) is 0.744. The molecule has 0 saturated carbocycles. The molecule has 28 heavy (non-hydrogen) atoms. The van der Waals surface area contributed by atoms with Crippen molar-refractivity contribution in [3.8, 4) is 0 Å². The van der Waals surface area contributed by atoms with E-state index >= 15 is 0 Å². The van der Waals surface area contributed by atoms with Crippen molar-refractivity contribution in [1.82, 2.24) is 14.8 Å². The predicted molar refractivity (Wildman–Crippen MR) is 111 cm³/mol. The predicted octanol–water partition coefficient (Wildman–Crippen LogP) is 2.23. The minimum Gasteiger partial charge on any atom is -0.408 e. The van der Waals surface area contributed by atoms with Crippen LogP contribution in [0.25, 0.3) is 11.1 Å². The molecular weight excluding hydrogens is 424 g/mol. The summed E-state index contributed by atoms with van der Waals surface area (Å²) in [5, 5.41) is 0. The fourth-order valence-corrected chi connectivity index (χ4v) is 5.08. The van der Waals surface area contributed by atoms with Gasteiger partial charge in [0.15, 0.2) is 5.58 Å². The first-order chi connectivity index (χ1) is 13.5. The molecule has 8 heteroatoms. The SMILES string of the molecule is NC(Cc1cc(Br)c2[nH]c(=O)oc2c1)C(=O)N1CCC(N2CCCCC2)CC1. The van der Waals surface area contributed by atoms with Crippen LogP contribution >= 0.6 is 15.9 Å². The Morgan fingerprint density at radius 1 is 1.21 bits per heavy atom. The second-order valence-corrected chi connectivity index (χ2v) is 8.78. The number of likely N-dealkylation sites (tertiary alicyclic amines) is 2. The van der Waals surface area contributed by atoms with E-state index in [-0.39, 0.29) is 5.91 Å². The van der Waals surface area contributed by atoms with Gasteiger partial charge in [-0.25, -0.2) is 4.79 Å². The van der Waals surface area contributed by atoms with Crippen LogP contribution in [0, 0.1) is 0 Å². The lowest BCUT2D eigenvalue weighted by atomic mass is 9.98. The van der Waals surface area contributed by atoms with Gasteiger partial charge < -0.3 is 20.0 Å². The molecule has 3 N–H and O–H groups in total. The summed E-state index contributed by atoms with van der Waals surface area (Å²) in [5.74, 6) is -0.492. The Balaban J connectivity index is 1.35. The van der Waals surface area contributed by atoms with Crippen molar-refractivity contribution in [3.05, 3.63) is 32.7 Å². The van der Waals surface area contributed by atoms with Gasteiger partial charge in [-0.2, -0.15) is 0 Å². The molecule has 2 aliphatic heterocycles. The summed E-state index contributed by atoms with van der Waals surface area (Å²) in [7, 11) is 0. The molecule has 0 spiro atoms. The maximum absolute atomic E-state index is 12.8. The van der Waals surface area contributed by atoms with Crippen molar-refractivity contribution in [2.45, 2.75) is 50.6 Å². The molecule has 3 heterocycles. The van der Waals surface area contributed by atoms with E-state index in [1.165, 1.54) is 32.4 Å². The molecule has 2 fully saturated rings. The first-order valence-electron chi connectivity index (χ1n) is 10.1. The van der Waals surface area contributed by atoms with Gasteiger partial charge in [0.1, 0.15) is 5.52 Å². The monoisotopic (exact) mass is 450 g/mol. The van der Waals surface area contributed by atoms with E-state index in [1.807, 2.05) is 11.0 Å². The Morgan fingerprint density at radius 2 is 1.93 bits per heavy atom. The standard InChI is InChI=1S/C20H27BrN4O3/c21-15-10-13(12-17-18(15)23-20(27)28-17)11-16(22)19(26)25-8-4-14(5-9-25)24-6-2-1-3-7-24/h10,12,14,16H,1-9,11,22H2,(H,23,27). The number of piperidine rings is 2. The van der Waals surface area contributed by atoms with E-state index in [0.717, 1.165) is 36.0 Å². The molecule has 1 amide bonds. The van der Waals surface area contributed by atoms with Crippen LogP contribution in [0.1, 0.15) is 37.7 Å². The van der Waals surface area contributed by atoms with Gasteiger partial charge in [0.05, 0.1) is 6.04 Å². The molecule has 2 saturated heterocycles. The molecule has 0 aliphatic carbocycles. The largest absolute Gasteiger partial charge is 0.417 e. The highest BCUT2D eigenvalue weighted by Crippen LogP contribution is 2.25. The van der Waals surface area contributed by atoms with E-state index in [0.29, 0.717) is 23.6 Å². The third-order valence-electron chi connectivity index (χ3n) is 6.00. The number of nitrogens with one attached hydrogen (secondary N) is 1. The van der Waals surface area contributed by atoms with Gasteiger partial charge in [-0.15, -0.1) is 0 Å². The van der Waals surface area contributed by atoms with E-state index in [1.54, 1.807) is 6.07 Å². The molecule has 1 atom stereocenters. The Morgan fingerprint density at radius 3 is 2.64 bits per heavy atom. The fourth-order valence-electron chi connectivity index (χ4n) is 4.49. The van der Waals surface area contributed by atoms with Crippen LogP contribution < -0.4 is 11.5 Å². The smallest absolute Gasteiger partial charge is 0.408 e. The highest BCUT2D eigenvalue weighted by atomic mass is 79.9. The van der Waals surface area contributed by atoms with Crippen molar-refractivity contribution < 1.29 is 9.21 Å². The Hall–Kier alpha value is -1.64. The van der Waals surface area contributed by atoms with Crippen LogP contribution in [0.3, 0.4) is 0 Å². The van der Waals surface area contributed by atoms with Crippen LogP contribution in [0.5, 0.6) is 0 Å². The highest BCUT2D eigenvalue weighted by molar-refractivity contribution is 9.10. The Kier molecular flexibility index (Phi) is 5.89. The molecular formula is C20H27BrN4O3. The topological polar surface area (TPSA) is 95.6 Å². The summed E-state index contributed by atoms with van der Waals surface area (Å²) in [4.78, 5) is 31.4. The Labute approximate surface area is 172 Å². The normalized spacial score (nSPS) is 20.6. The first-order valence-corrected chi connectivity index (χ1v) is 10.9. The number of fused-ring (bicyclic) bond motifs is 1. The zero-order chi connectivity index (χ0) is 19.7. The average molecular weight is 451 g/mol. The van der Waals surface area contributed by atoms with Crippen molar-refractivity contribution in [2.24, 2.45) is 5.73 Å². The van der Waals surface area contributed by atoms with Gasteiger partial charge >= 0.3 is 5.76 Å². The van der Waals surface area contributed by atoms with Crippen molar-refractivity contribution >= 4 is 32.9 Å². The van der Waals surface area contributed by atoms with E-state index in [2.05, 4.69) is 25.8 Å². The van der Waals surface area contributed by atoms with E-state index in [9.17, 15) is 9.59 Å². The Bertz CT molecular complexity index is 894. The molecule has 0 bridgehead atoms. The second kappa shape index (κ2) is 8.39. The maximum atomic E-state index is 12.8. The van der Waals surface area contributed by atoms with Crippen molar-refractivity contribution in [2.75, 3.05) is 26.2 Å². The zero-order valence-electron chi connectivity index (χ0n) is 16.0. The highest BCUT2D eigenvalue weighted by Gasteiger charge is 2.29. The lowest BCUT2D eigenvalue weighted by Crippen LogP contribution is -2.52. The van der Waals surface area contributed by atoms with Crippen molar-refractivity contribution in [3.63, 3.8) is 0 Å². The summed E-state index contributed by atoms with van der Waals surface area (Å²) in [6, 6.07) is 3.66. The molecule has 2 aromatic rings. The minimum atomic E-state index is -0.596. The summed E-state index contributed by atoms with van der Waals surface area (Å²) < 4.78 is 5.86. The molecule has 1 aromatic carbocycles. The van der Waals surface area contributed by atoms with Crippen LogP contribution in [-0.2, 0) is 11.2 Å². The molecule has 2 aliphatic rings. The zero-order valence-corrected chi connectivity index (χ0v) is 17.5. The summed E-state index contributed by atoms with van der Waals surface area (Å²) >= 11 is 3.44. The molecule has 152 valence electrons. The maximum Gasteiger partial charge on any atom is 0.417 e. The van der Waals surface area contributed by atoms with E-state index < -0.39 is 11.8 Å². The van der Waals surface area contributed by atoms with Gasteiger partial charge in [0.25, 0.3) is 0 Å². The van der Waals surface area contributed by atoms with Gasteiger partial charge in [-0.3, -0.25) is 9.78 Å². The number of amides is 1. The number of aromatic nitrogens is 1. The molecule has 1 unspecified atom stereocenters. The average Bonchev–Trinajstić information content (AvgIpc) is 3.09. The molecule has 4 rings (SSSR count). The van der Waals surface area contributed by atoms with Crippen LogP contribution in [0.2, 0.25) is 0 Å². The number of benzene rings is 1. The van der Waals surface area contributed by atoms with Crippen LogP contribution in [0.4, 0.5) is 0 Å². The number of nitrogens with two attached hydrogens (primary N) is 1. The fraction of sp³-hybridized carbons (Fsp3) is 0.600. The van der Waals surface area contributed by atoms with Gasteiger partial charge in [0.2, 0.25) is 5.91 Å². The minimum absolute atomic E-state index is 0.00355. The van der Waals surface area contributed by atoms with Gasteiger partial charge in [-0.05, 0) is 78.8 Å². The number of oxazole rings is 1. The van der Waals surface area contributed by atoms with Gasteiger partial charge in [0, 0.05) is 23.6 Å². The second-order valence-electron chi connectivity index (χ2n) is 7.93. The summed E-state index contributed by atoms with van der Waals surface area (Å²) in [5.41, 5.74) is 8.19. The van der Waals surface area contributed by atoms with Crippen LogP contribution in [-0.4, -0.2) is 59.0 Å². The lowest BCUT2D eigenvalue weighted by Gasteiger charge is -2.40. The number of carbonyl (C=O) groups is 1. The summed E-state index contributed by atoms with van der Waals surface area (Å²) in [6.45, 7) is 3.96. The first kappa shape index (κ1) is 19.7. The molecule has 1 aromatic heterocycles. The van der Waals surface area contributed by atoms with Crippen LogP contribution in [0.15, 0.2) is 25.8 Å². The number of rotatable bonds is 4. The number of aromatic amines is 1. The number of hydrogen-bond acceptors (Lipinski definition) is 5. The number of carbonyl (C=O) groups excluding carboxylic acids is 1. The third-order valence-corrected chi connectivity index (χ3v) is 6.62. The van der Waals surface area contributed by atoms with Gasteiger partial charge in [-0.1, -0.05) is 6.42 Å². The number of hydrogen-bond donors (Lipinski definition) is 2. The third kappa shape index (κ3) is 4.18. The molecule has 0 radical (unpaired) electrons. The summed E-state index contributed by atoms with van der Waals surface area (Å²) in [6.07, 6.45) is 6.41. The number of H-pyrrole nitrogens is 1. The lowest BCUT2D eigenvalue weighted by molar-refractivity contribution is -0.134. The van der Waals surface area contributed by atoms with E-state index in [4.69, 9.17) is 10.2 Å².